The first-order valence-corrected chi connectivity index (χ1v) is 9.51. The first-order chi connectivity index (χ1) is 15.9. The molecule has 4 N–H and O–H groups in total. The summed E-state index contributed by atoms with van der Waals surface area (Å²) in [5, 5.41) is 13.4. The van der Waals surface area contributed by atoms with Crippen LogP contribution in [0.25, 0.3) is 0 Å². The first kappa shape index (κ1) is 23.1. The molecule has 2 aromatic heterocycles. The van der Waals surface area contributed by atoms with Crippen molar-refractivity contribution in [2.75, 3.05) is 24.6 Å². The van der Waals surface area contributed by atoms with E-state index in [0.717, 1.165) is 0 Å². The second-order valence-corrected chi connectivity index (χ2v) is 6.42. The second-order valence-electron chi connectivity index (χ2n) is 6.42. The van der Waals surface area contributed by atoms with Gasteiger partial charge in [-0.3, -0.25) is 4.79 Å². The van der Waals surface area contributed by atoms with Crippen molar-refractivity contribution in [1.29, 1.82) is 0 Å². The van der Waals surface area contributed by atoms with E-state index >= 15 is 0 Å². The number of rotatable bonds is 8. The van der Waals surface area contributed by atoms with Gasteiger partial charge >= 0.3 is 12.0 Å². The molecule has 0 radical (unpaired) electrons. The molecule has 172 valence electrons. The summed E-state index contributed by atoms with van der Waals surface area (Å²) >= 11 is 0. The van der Waals surface area contributed by atoms with Crippen LogP contribution >= 0.6 is 0 Å². The number of nitrogens with zero attached hydrogens (tertiary/aromatic N) is 3. The number of benzene rings is 1. The minimum Gasteiger partial charge on any atom is -0.426 e. The number of para-hydroxylation sites is 1. The Balaban J connectivity index is 1.66. The molecule has 1 aromatic carbocycles. The number of azo groups is 1. The molecule has 1 amide bonds. The van der Waals surface area contributed by atoms with Crippen LogP contribution < -0.4 is 26.9 Å². The maximum atomic E-state index is 12.0. The smallest absolute Gasteiger partial charge is 0.426 e. The van der Waals surface area contributed by atoms with E-state index in [-0.39, 0.29) is 59.3 Å². The SMILES string of the molecule is CNCC(=O)Nc1ccc(/N=N/c2ccccc2OC(=O)OCc2oc(=O)oc2C)c(N)n1. The van der Waals surface area contributed by atoms with Gasteiger partial charge in [0.05, 0.1) is 6.54 Å². The Labute approximate surface area is 186 Å². The predicted molar refractivity (Wildman–Crippen MR) is 115 cm³/mol. The van der Waals surface area contributed by atoms with Gasteiger partial charge in [-0.25, -0.2) is 14.6 Å². The summed E-state index contributed by atoms with van der Waals surface area (Å²) in [6.45, 7) is 1.27. The summed E-state index contributed by atoms with van der Waals surface area (Å²) in [5.74, 6) is -0.537. The van der Waals surface area contributed by atoms with Crippen LogP contribution in [0.15, 0.2) is 60.3 Å². The summed E-state index contributed by atoms with van der Waals surface area (Å²) in [6.07, 6.45) is -1.05. The van der Waals surface area contributed by atoms with Crippen molar-refractivity contribution in [3.05, 3.63) is 58.5 Å². The van der Waals surface area contributed by atoms with Crippen LogP contribution in [-0.4, -0.2) is 30.6 Å². The Hall–Kier alpha value is -4.52. The molecule has 3 rings (SSSR count). The number of amides is 1. The van der Waals surface area contributed by atoms with E-state index < -0.39 is 12.0 Å². The van der Waals surface area contributed by atoms with Crippen LogP contribution in [0.4, 0.5) is 27.8 Å². The van der Waals surface area contributed by atoms with Gasteiger partial charge in [0.25, 0.3) is 0 Å². The fourth-order valence-corrected chi connectivity index (χ4v) is 2.45. The van der Waals surface area contributed by atoms with Gasteiger partial charge in [0, 0.05) is 0 Å². The Morgan fingerprint density at radius 2 is 1.88 bits per heavy atom. The van der Waals surface area contributed by atoms with Crippen LogP contribution in [0.3, 0.4) is 0 Å². The lowest BCUT2D eigenvalue weighted by Crippen LogP contribution is -2.25. The van der Waals surface area contributed by atoms with Crippen molar-refractivity contribution in [3.8, 4) is 5.75 Å². The van der Waals surface area contributed by atoms with E-state index in [1.165, 1.54) is 25.1 Å². The topological polar surface area (TPSA) is 184 Å². The molecule has 3 aromatic rings. The molecule has 0 saturated carbocycles. The number of carbonyl (C=O) groups is 2. The molecule has 0 aliphatic rings. The van der Waals surface area contributed by atoms with E-state index in [4.69, 9.17) is 19.6 Å². The average Bonchev–Trinajstić information content (AvgIpc) is 3.09. The van der Waals surface area contributed by atoms with Crippen molar-refractivity contribution < 1.29 is 27.9 Å². The fraction of sp³-hybridized carbons (Fsp3) is 0.200. The van der Waals surface area contributed by atoms with Gasteiger partial charge in [-0.05, 0) is 38.2 Å². The van der Waals surface area contributed by atoms with Crippen LogP contribution in [0.1, 0.15) is 11.5 Å². The van der Waals surface area contributed by atoms with Gasteiger partial charge < -0.3 is 34.7 Å². The summed E-state index contributed by atoms with van der Waals surface area (Å²) in [7, 11) is 1.64. The predicted octanol–water partition coefficient (Wildman–Crippen LogP) is 2.81. The second kappa shape index (κ2) is 10.7. The van der Waals surface area contributed by atoms with Crippen LogP contribution in [-0.2, 0) is 16.1 Å². The normalized spacial score (nSPS) is 10.8. The summed E-state index contributed by atoms with van der Waals surface area (Å²) in [6, 6.07) is 9.38. The number of carbonyl (C=O) groups excluding carboxylic acids is 2. The molecular weight excluding hydrogens is 436 g/mol. The minimum absolute atomic E-state index is 0.0378. The Morgan fingerprint density at radius 3 is 2.58 bits per heavy atom. The monoisotopic (exact) mass is 456 g/mol. The number of ether oxygens (including phenoxy) is 2. The zero-order valence-corrected chi connectivity index (χ0v) is 17.7. The molecule has 0 aliphatic heterocycles. The van der Waals surface area contributed by atoms with Crippen molar-refractivity contribution in [2.24, 2.45) is 10.2 Å². The van der Waals surface area contributed by atoms with Crippen molar-refractivity contribution in [1.82, 2.24) is 10.3 Å². The Bertz CT molecular complexity index is 1230. The molecule has 0 atom stereocenters. The number of pyridine rings is 1. The minimum atomic E-state index is -1.05. The molecular formula is C20H20N6O7. The Morgan fingerprint density at radius 1 is 1.12 bits per heavy atom. The third-order valence-corrected chi connectivity index (χ3v) is 3.99. The van der Waals surface area contributed by atoms with E-state index in [2.05, 4.69) is 30.3 Å². The quantitative estimate of drug-likeness (QED) is 0.259. The Kier molecular flexibility index (Phi) is 7.49. The number of nitrogens with one attached hydrogen (secondary N) is 2. The molecule has 33 heavy (non-hydrogen) atoms. The highest BCUT2D eigenvalue weighted by atomic mass is 16.7. The zero-order valence-electron chi connectivity index (χ0n) is 17.7. The molecule has 0 unspecified atom stereocenters. The number of nitrogen functional groups attached to an aromatic ring is 1. The number of aromatic nitrogens is 1. The van der Waals surface area contributed by atoms with Gasteiger partial charge in [-0.15, -0.1) is 10.2 Å². The summed E-state index contributed by atoms with van der Waals surface area (Å²) < 4.78 is 19.5. The van der Waals surface area contributed by atoms with Gasteiger partial charge in [0.1, 0.15) is 17.2 Å². The van der Waals surface area contributed by atoms with Crippen LogP contribution in [0, 0.1) is 6.92 Å². The van der Waals surface area contributed by atoms with Crippen LogP contribution in [0.5, 0.6) is 5.75 Å². The molecule has 0 fully saturated rings. The lowest BCUT2D eigenvalue weighted by molar-refractivity contribution is -0.115. The maximum Gasteiger partial charge on any atom is 0.519 e. The third-order valence-electron chi connectivity index (χ3n) is 3.99. The molecule has 0 aliphatic carbocycles. The maximum absolute atomic E-state index is 12.0. The summed E-state index contributed by atoms with van der Waals surface area (Å²) in [5.41, 5.74) is 6.34. The van der Waals surface area contributed by atoms with E-state index in [1.807, 2.05) is 0 Å². The highest BCUT2D eigenvalue weighted by Gasteiger charge is 2.15. The largest absolute Gasteiger partial charge is 0.519 e. The van der Waals surface area contributed by atoms with Gasteiger partial charge in [-0.2, -0.15) is 0 Å². The van der Waals surface area contributed by atoms with Crippen molar-refractivity contribution in [2.45, 2.75) is 13.5 Å². The zero-order chi connectivity index (χ0) is 23.8. The molecule has 0 bridgehead atoms. The molecule has 0 saturated heterocycles. The number of anilines is 2. The highest BCUT2D eigenvalue weighted by Crippen LogP contribution is 2.30. The average molecular weight is 456 g/mol. The van der Waals surface area contributed by atoms with Crippen molar-refractivity contribution >= 4 is 35.1 Å². The first-order valence-electron chi connectivity index (χ1n) is 9.51. The van der Waals surface area contributed by atoms with Crippen molar-refractivity contribution in [3.63, 3.8) is 0 Å². The molecule has 2 heterocycles. The van der Waals surface area contributed by atoms with Gasteiger partial charge in [0.15, 0.2) is 29.7 Å². The van der Waals surface area contributed by atoms with Gasteiger partial charge in [0.2, 0.25) is 5.91 Å². The van der Waals surface area contributed by atoms with E-state index in [1.54, 1.807) is 25.2 Å². The molecule has 13 nitrogen and oxygen atoms in total. The number of likely N-dealkylation sites (N-methyl/N-ethyl adjacent to an activating group) is 1. The van der Waals surface area contributed by atoms with E-state index in [9.17, 15) is 14.4 Å². The highest BCUT2D eigenvalue weighted by molar-refractivity contribution is 5.91. The number of nitrogens with two attached hydrogens (primary N) is 1. The van der Waals surface area contributed by atoms with Crippen LogP contribution in [0.2, 0.25) is 0 Å². The molecule has 13 heteroatoms. The number of hydrogen-bond acceptors (Lipinski definition) is 12. The lowest BCUT2D eigenvalue weighted by Gasteiger charge is -2.07. The number of aryl methyl sites for hydroxylation is 1. The third kappa shape index (κ3) is 6.48. The summed E-state index contributed by atoms with van der Waals surface area (Å²) in [4.78, 5) is 38.7. The fourth-order valence-electron chi connectivity index (χ4n) is 2.45. The standard InChI is InChI=1S/C20H20N6O7/c1-11-15(33-20(29)31-11)10-30-19(28)32-14-6-4-3-5-12(14)25-26-13-7-8-16(24-18(13)21)23-17(27)9-22-2/h3-8,22H,9-10H2,1-2H3,(H3,21,23,24,27)/b26-25+. The lowest BCUT2D eigenvalue weighted by atomic mass is 10.3. The number of hydrogen-bond donors (Lipinski definition) is 3. The van der Waals surface area contributed by atoms with Gasteiger partial charge in [-0.1, -0.05) is 12.1 Å². The van der Waals surface area contributed by atoms with E-state index in [0.29, 0.717) is 0 Å². The molecule has 0 spiro atoms.